The van der Waals surface area contributed by atoms with Crippen LogP contribution in [-0.4, -0.2) is 0 Å². The van der Waals surface area contributed by atoms with Crippen LogP contribution in [0.5, 0.6) is 0 Å². The predicted octanol–water partition coefficient (Wildman–Crippen LogP) is 10.9. The molecule has 0 saturated carbocycles. The van der Waals surface area contributed by atoms with E-state index in [4.69, 9.17) is 0 Å². The third-order valence-corrected chi connectivity index (χ3v) is 8.77. The van der Waals surface area contributed by atoms with E-state index in [1.807, 2.05) is 0 Å². The molecule has 2 aliphatic rings. The van der Waals surface area contributed by atoms with E-state index in [9.17, 15) is 0 Å². The van der Waals surface area contributed by atoms with Crippen LogP contribution in [-0.2, 0) is 5.41 Å². The third-order valence-electron chi connectivity index (χ3n) is 8.77. The molecule has 2 aliphatic heterocycles. The number of hydrogen-bond acceptors (Lipinski definition) is 2. The molecule has 0 saturated heterocycles. The minimum absolute atomic E-state index is 0.170. The highest BCUT2D eigenvalue weighted by Crippen LogP contribution is 2.61. The Kier molecular flexibility index (Phi) is 5.20. The lowest BCUT2D eigenvalue weighted by atomic mass is 9.72. The summed E-state index contributed by atoms with van der Waals surface area (Å²) in [5.74, 6) is 0. The molecular formula is C39H30N2. The second-order valence-corrected chi connectivity index (χ2v) is 11.5. The van der Waals surface area contributed by atoms with Crippen molar-refractivity contribution in [1.29, 1.82) is 0 Å². The smallest absolute Gasteiger partial charge is 0.0744 e. The molecule has 2 heteroatoms. The van der Waals surface area contributed by atoms with E-state index in [1.54, 1.807) is 0 Å². The largest absolute Gasteiger partial charge is 0.306 e. The van der Waals surface area contributed by atoms with Crippen molar-refractivity contribution in [3.8, 4) is 22.3 Å². The van der Waals surface area contributed by atoms with Gasteiger partial charge in [0.05, 0.1) is 28.4 Å². The summed E-state index contributed by atoms with van der Waals surface area (Å²) in [6.45, 7) is 4.74. The molecule has 0 unspecified atom stereocenters. The average Bonchev–Trinajstić information content (AvgIpc) is 3.03. The fraction of sp³-hybridized carbons (Fsp3) is 0.0769. The molecule has 0 aliphatic carbocycles. The summed E-state index contributed by atoms with van der Waals surface area (Å²) in [6, 6.07) is 52.9. The Morgan fingerprint density at radius 2 is 0.927 bits per heavy atom. The molecule has 0 amide bonds. The predicted molar refractivity (Wildman–Crippen MR) is 172 cm³/mol. The zero-order valence-corrected chi connectivity index (χ0v) is 23.3. The quantitative estimate of drug-likeness (QED) is 0.226. The van der Waals surface area contributed by atoms with Gasteiger partial charge in [-0.05, 0) is 75.8 Å². The lowest BCUT2D eigenvalue weighted by Gasteiger charge is -2.48. The molecule has 2 heterocycles. The molecule has 0 atom stereocenters. The highest BCUT2D eigenvalue weighted by Gasteiger charge is 2.42. The first-order chi connectivity index (χ1) is 20.1. The molecule has 6 aromatic carbocycles. The van der Waals surface area contributed by atoms with Crippen molar-refractivity contribution in [3.63, 3.8) is 0 Å². The normalized spacial score (nSPS) is 14.2. The fourth-order valence-electron chi connectivity index (χ4n) is 6.69. The van der Waals surface area contributed by atoms with E-state index in [-0.39, 0.29) is 5.41 Å². The molecule has 0 N–H and O–H groups in total. The van der Waals surface area contributed by atoms with Crippen LogP contribution in [0.15, 0.2) is 146 Å². The maximum Gasteiger partial charge on any atom is 0.0744 e. The number of nitrogens with zero attached hydrogens (tertiary/aromatic N) is 2. The monoisotopic (exact) mass is 526 g/mol. The minimum atomic E-state index is -0.170. The van der Waals surface area contributed by atoms with Gasteiger partial charge in [0.25, 0.3) is 0 Å². The first kappa shape index (κ1) is 23.8. The summed E-state index contributed by atoms with van der Waals surface area (Å²) in [5.41, 5.74) is 14.7. The van der Waals surface area contributed by atoms with E-state index in [0.717, 1.165) is 5.69 Å². The highest BCUT2D eigenvalue weighted by molar-refractivity contribution is 6.05. The molecule has 2 nitrogen and oxygen atoms in total. The fourth-order valence-corrected chi connectivity index (χ4v) is 6.69. The van der Waals surface area contributed by atoms with Gasteiger partial charge < -0.3 is 9.80 Å². The topological polar surface area (TPSA) is 6.48 Å². The van der Waals surface area contributed by atoms with Crippen LogP contribution in [0.3, 0.4) is 0 Å². The summed E-state index contributed by atoms with van der Waals surface area (Å²) in [4.78, 5) is 4.92. The van der Waals surface area contributed by atoms with Crippen LogP contribution in [0.25, 0.3) is 22.3 Å². The first-order valence-electron chi connectivity index (χ1n) is 14.3. The van der Waals surface area contributed by atoms with Gasteiger partial charge in [-0.25, -0.2) is 0 Å². The average molecular weight is 527 g/mol. The zero-order valence-electron chi connectivity index (χ0n) is 23.3. The van der Waals surface area contributed by atoms with Crippen LogP contribution in [0.1, 0.15) is 25.0 Å². The summed E-state index contributed by atoms with van der Waals surface area (Å²) in [6.07, 6.45) is 0. The lowest BCUT2D eigenvalue weighted by molar-refractivity contribution is 0.631. The molecule has 0 fully saturated rings. The zero-order chi connectivity index (χ0) is 27.6. The van der Waals surface area contributed by atoms with E-state index in [2.05, 4.69) is 169 Å². The van der Waals surface area contributed by atoms with Gasteiger partial charge in [0.1, 0.15) is 0 Å². The molecule has 8 rings (SSSR count). The van der Waals surface area contributed by atoms with E-state index in [1.165, 1.54) is 61.8 Å². The van der Waals surface area contributed by atoms with E-state index in [0.29, 0.717) is 0 Å². The Hall–Kier alpha value is -5.08. The molecule has 6 aromatic rings. The van der Waals surface area contributed by atoms with Gasteiger partial charge >= 0.3 is 0 Å². The number of rotatable bonds is 3. The number of para-hydroxylation sites is 3. The van der Waals surface area contributed by atoms with Crippen LogP contribution >= 0.6 is 0 Å². The van der Waals surface area contributed by atoms with Crippen LogP contribution < -0.4 is 9.80 Å². The molecule has 196 valence electrons. The minimum Gasteiger partial charge on any atom is -0.306 e. The van der Waals surface area contributed by atoms with Crippen molar-refractivity contribution in [2.24, 2.45) is 0 Å². The third kappa shape index (κ3) is 3.57. The van der Waals surface area contributed by atoms with Crippen molar-refractivity contribution in [3.05, 3.63) is 157 Å². The number of anilines is 6. The van der Waals surface area contributed by atoms with Gasteiger partial charge in [0.15, 0.2) is 0 Å². The summed E-state index contributed by atoms with van der Waals surface area (Å²) in [7, 11) is 0. The van der Waals surface area contributed by atoms with Crippen molar-refractivity contribution < 1.29 is 0 Å². The number of benzene rings is 6. The van der Waals surface area contributed by atoms with Crippen molar-refractivity contribution in [2.75, 3.05) is 9.80 Å². The second-order valence-electron chi connectivity index (χ2n) is 11.5. The lowest BCUT2D eigenvalue weighted by Crippen LogP contribution is -2.34. The SMILES string of the molecule is CC1(C)c2cc(-c3ccccc3)ccc2N2c3ccccc3N(c3ccc(-c4ccccc4)cc3)c3cccc1c32. The Morgan fingerprint density at radius 1 is 0.390 bits per heavy atom. The van der Waals surface area contributed by atoms with Gasteiger partial charge in [0.2, 0.25) is 0 Å². The van der Waals surface area contributed by atoms with Gasteiger partial charge in [-0.3, -0.25) is 0 Å². The van der Waals surface area contributed by atoms with Crippen LogP contribution in [0, 0.1) is 0 Å². The number of fused-ring (bicyclic) bond motifs is 4. The Balaban J connectivity index is 1.32. The summed E-state index contributed by atoms with van der Waals surface area (Å²) in [5, 5.41) is 0. The maximum absolute atomic E-state index is 2.49. The summed E-state index contributed by atoms with van der Waals surface area (Å²) >= 11 is 0. The van der Waals surface area contributed by atoms with Crippen LogP contribution in [0.4, 0.5) is 34.1 Å². The number of hydrogen-bond donors (Lipinski definition) is 0. The molecule has 41 heavy (non-hydrogen) atoms. The molecule has 0 radical (unpaired) electrons. The van der Waals surface area contributed by atoms with E-state index < -0.39 is 0 Å². The first-order valence-corrected chi connectivity index (χ1v) is 14.3. The molecule has 0 bridgehead atoms. The van der Waals surface area contributed by atoms with Gasteiger partial charge in [0, 0.05) is 11.1 Å². The second kappa shape index (κ2) is 8.97. The highest BCUT2D eigenvalue weighted by atomic mass is 15.3. The van der Waals surface area contributed by atoms with Gasteiger partial charge in [-0.1, -0.05) is 117 Å². The Bertz CT molecular complexity index is 1900. The van der Waals surface area contributed by atoms with Gasteiger partial charge in [-0.15, -0.1) is 0 Å². The maximum atomic E-state index is 2.49. The van der Waals surface area contributed by atoms with Crippen molar-refractivity contribution >= 4 is 34.1 Å². The standard InChI is InChI=1S/C39H30N2/c1-39(2)32-16-11-19-37-38(32)41(34-25-22-30(26-33(34)39)28-14-7-4-8-15-28)36-18-10-9-17-35(36)40(37)31-23-20-29(21-24-31)27-12-5-3-6-13-27/h3-26H,1-2H3. The molecule has 0 aromatic heterocycles. The summed E-state index contributed by atoms with van der Waals surface area (Å²) < 4.78 is 0. The molecule has 0 spiro atoms. The van der Waals surface area contributed by atoms with Crippen molar-refractivity contribution in [2.45, 2.75) is 19.3 Å². The Labute approximate surface area is 241 Å². The van der Waals surface area contributed by atoms with E-state index >= 15 is 0 Å². The van der Waals surface area contributed by atoms with Crippen molar-refractivity contribution in [1.82, 2.24) is 0 Å². The van der Waals surface area contributed by atoms with Crippen LogP contribution in [0.2, 0.25) is 0 Å². The van der Waals surface area contributed by atoms with Gasteiger partial charge in [-0.2, -0.15) is 0 Å². The molecular weight excluding hydrogens is 496 g/mol. The Morgan fingerprint density at radius 3 is 1.61 bits per heavy atom.